The van der Waals surface area contributed by atoms with Gasteiger partial charge in [-0.1, -0.05) is 12.1 Å². The van der Waals surface area contributed by atoms with E-state index in [-0.39, 0.29) is 6.54 Å². The Morgan fingerprint density at radius 2 is 2.13 bits per heavy atom. The van der Waals surface area contributed by atoms with E-state index >= 15 is 0 Å². The minimum Gasteiger partial charge on any atom is -0.397 e. The van der Waals surface area contributed by atoms with E-state index in [1.54, 1.807) is 12.1 Å². The molecule has 15 heavy (non-hydrogen) atoms. The predicted molar refractivity (Wildman–Crippen MR) is 56.1 cm³/mol. The largest absolute Gasteiger partial charge is 0.397 e. The molecule has 3 nitrogen and oxygen atoms in total. The average Bonchev–Trinajstić information content (AvgIpc) is 2.19. The van der Waals surface area contributed by atoms with E-state index in [4.69, 9.17) is 10.8 Å². The zero-order chi connectivity index (χ0) is 11.4. The van der Waals surface area contributed by atoms with Crippen LogP contribution in [0.4, 0.5) is 20.2 Å². The van der Waals surface area contributed by atoms with Crippen LogP contribution < -0.4 is 11.1 Å². The van der Waals surface area contributed by atoms with Gasteiger partial charge in [-0.2, -0.15) is 0 Å². The molecule has 1 rings (SSSR count). The first-order chi connectivity index (χ1) is 7.02. The number of para-hydroxylation sites is 1. The fourth-order valence-electron chi connectivity index (χ4n) is 1.14. The predicted octanol–water partition coefficient (Wildman–Crippen LogP) is 1.62. The number of aliphatic hydroxyl groups excluding tert-OH is 1. The fraction of sp³-hybridized carbons (Fsp3) is 0.400. The second-order valence-corrected chi connectivity index (χ2v) is 3.32. The summed E-state index contributed by atoms with van der Waals surface area (Å²) in [5, 5.41) is 11.6. The maximum absolute atomic E-state index is 12.0. The van der Waals surface area contributed by atoms with E-state index in [2.05, 4.69) is 5.32 Å². The van der Waals surface area contributed by atoms with Gasteiger partial charge in [-0.25, -0.2) is 8.78 Å². The number of halogens is 2. The number of nitrogens with one attached hydrogen (secondary N) is 1. The van der Waals surface area contributed by atoms with Crippen molar-refractivity contribution >= 4 is 11.4 Å². The molecule has 1 atom stereocenters. The molecule has 0 bridgehead atoms. The van der Waals surface area contributed by atoms with Gasteiger partial charge >= 0.3 is 0 Å². The molecule has 1 unspecified atom stereocenters. The number of alkyl halides is 2. The van der Waals surface area contributed by atoms with Gasteiger partial charge < -0.3 is 16.2 Å². The molecule has 4 N–H and O–H groups in total. The van der Waals surface area contributed by atoms with Gasteiger partial charge in [0.05, 0.1) is 11.4 Å². The van der Waals surface area contributed by atoms with E-state index in [1.807, 2.05) is 13.0 Å². The molecule has 0 aromatic heterocycles. The first-order valence-electron chi connectivity index (χ1n) is 4.57. The van der Waals surface area contributed by atoms with Crippen molar-refractivity contribution < 1.29 is 13.9 Å². The summed E-state index contributed by atoms with van der Waals surface area (Å²) in [5.74, 6) is 0. The number of hydrogen-bond donors (Lipinski definition) is 3. The molecule has 1 aromatic carbocycles. The monoisotopic (exact) mass is 216 g/mol. The Morgan fingerprint density at radius 3 is 2.73 bits per heavy atom. The normalized spacial score (nSPS) is 12.9. The summed E-state index contributed by atoms with van der Waals surface area (Å²) in [5.41, 5.74) is 7.66. The molecule has 0 amide bonds. The minimum absolute atomic E-state index is 0.217. The van der Waals surface area contributed by atoms with Gasteiger partial charge in [0.25, 0.3) is 6.43 Å². The van der Waals surface area contributed by atoms with E-state index in [1.165, 1.54) is 0 Å². The van der Waals surface area contributed by atoms with Crippen LogP contribution in [0.15, 0.2) is 18.2 Å². The number of rotatable bonds is 4. The van der Waals surface area contributed by atoms with Gasteiger partial charge in [0.1, 0.15) is 6.10 Å². The minimum atomic E-state index is -2.75. The van der Waals surface area contributed by atoms with Crippen LogP contribution in [0.3, 0.4) is 0 Å². The van der Waals surface area contributed by atoms with Gasteiger partial charge in [-0.05, 0) is 18.6 Å². The van der Waals surface area contributed by atoms with Crippen LogP contribution in [0.25, 0.3) is 0 Å². The summed E-state index contributed by atoms with van der Waals surface area (Å²) >= 11 is 0. The summed E-state index contributed by atoms with van der Waals surface area (Å²) in [6.07, 6.45) is -4.42. The van der Waals surface area contributed by atoms with Crippen molar-refractivity contribution in [1.29, 1.82) is 0 Å². The Bertz CT molecular complexity index is 331. The Labute approximate surface area is 86.9 Å². The Morgan fingerprint density at radius 1 is 1.47 bits per heavy atom. The molecule has 0 heterocycles. The maximum Gasteiger partial charge on any atom is 0.265 e. The number of hydrogen-bond acceptors (Lipinski definition) is 3. The molecule has 84 valence electrons. The highest BCUT2D eigenvalue weighted by Crippen LogP contribution is 2.21. The Balaban J connectivity index is 2.62. The van der Waals surface area contributed by atoms with Gasteiger partial charge in [0.2, 0.25) is 0 Å². The van der Waals surface area contributed by atoms with Gasteiger partial charge in [-0.15, -0.1) is 0 Å². The Kier molecular flexibility index (Phi) is 3.85. The van der Waals surface area contributed by atoms with Crippen LogP contribution in [-0.2, 0) is 0 Å². The van der Waals surface area contributed by atoms with Crippen LogP contribution in [0, 0.1) is 6.92 Å². The third-order valence-electron chi connectivity index (χ3n) is 2.12. The smallest absolute Gasteiger partial charge is 0.265 e. The first-order valence-corrected chi connectivity index (χ1v) is 4.57. The van der Waals surface area contributed by atoms with Crippen molar-refractivity contribution in [2.45, 2.75) is 19.5 Å². The second kappa shape index (κ2) is 4.93. The van der Waals surface area contributed by atoms with Crippen LogP contribution in [0.5, 0.6) is 0 Å². The number of aliphatic hydroxyl groups is 1. The van der Waals surface area contributed by atoms with E-state index < -0.39 is 12.5 Å². The lowest BCUT2D eigenvalue weighted by atomic mass is 10.1. The molecule has 1 aromatic rings. The van der Waals surface area contributed by atoms with Crippen molar-refractivity contribution in [3.8, 4) is 0 Å². The number of anilines is 2. The topological polar surface area (TPSA) is 58.3 Å². The van der Waals surface area contributed by atoms with Crippen LogP contribution >= 0.6 is 0 Å². The fourth-order valence-corrected chi connectivity index (χ4v) is 1.14. The van der Waals surface area contributed by atoms with Gasteiger partial charge in [0.15, 0.2) is 0 Å². The number of benzene rings is 1. The maximum atomic E-state index is 12.0. The van der Waals surface area contributed by atoms with Crippen molar-refractivity contribution in [3.05, 3.63) is 23.8 Å². The highest BCUT2D eigenvalue weighted by molar-refractivity contribution is 5.69. The van der Waals surface area contributed by atoms with Crippen molar-refractivity contribution in [2.24, 2.45) is 0 Å². The first kappa shape index (κ1) is 11.7. The molecule has 0 aliphatic rings. The van der Waals surface area contributed by atoms with Crippen LogP contribution in [0.1, 0.15) is 5.56 Å². The lowest BCUT2D eigenvalue weighted by molar-refractivity contribution is 0.00385. The number of nitrogen functional groups attached to an aromatic ring is 1. The molecule has 0 saturated heterocycles. The molecule has 0 aliphatic carbocycles. The van der Waals surface area contributed by atoms with E-state index in [0.717, 1.165) is 5.56 Å². The van der Waals surface area contributed by atoms with Crippen molar-refractivity contribution in [2.75, 3.05) is 17.6 Å². The number of nitrogens with two attached hydrogens (primary N) is 1. The lowest BCUT2D eigenvalue weighted by Gasteiger charge is -2.14. The summed E-state index contributed by atoms with van der Waals surface area (Å²) < 4.78 is 24.0. The number of aryl methyl sites for hydroxylation is 1. The summed E-state index contributed by atoms with van der Waals surface area (Å²) in [6, 6.07) is 5.27. The van der Waals surface area contributed by atoms with Gasteiger partial charge in [-0.3, -0.25) is 0 Å². The van der Waals surface area contributed by atoms with Crippen LogP contribution in [0.2, 0.25) is 0 Å². The molecule has 0 radical (unpaired) electrons. The summed E-state index contributed by atoms with van der Waals surface area (Å²) in [4.78, 5) is 0. The van der Waals surface area contributed by atoms with Gasteiger partial charge in [0, 0.05) is 6.54 Å². The molecule has 0 spiro atoms. The lowest BCUT2D eigenvalue weighted by Crippen LogP contribution is -2.27. The quantitative estimate of drug-likeness (QED) is 0.670. The zero-order valence-corrected chi connectivity index (χ0v) is 8.37. The second-order valence-electron chi connectivity index (χ2n) is 3.32. The molecule has 0 saturated carbocycles. The standard InChI is InChI=1S/C10H14F2N2O/c1-6-3-2-4-7(9(6)13)14-5-8(15)10(11)12/h2-4,8,10,14-15H,5,13H2,1H3. The molecule has 0 aliphatic heterocycles. The van der Waals surface area contributed by atoms with Crippen molar-refractivity contribution in [1.82, 2.24) is 0 Å². The molecular formula is C10H14F2N2O. The summed E-state index contributed by atoms with van der Waals surface area (Å²) in [7, 11) is 0. The molecule has 0 fully saturated rings. The molecule has 5 heteroatoms. The third kappa shape index (κ3) is 3.06. The summed E-state index contributed by atoms with van der Waals surface area (Å²) in [6.45, 7) is 1.61. The highest BCUT2D eigenvalue weighted by atomic mass is 19.3. The zero-order valence-electron chi connectivity index (χ0n) is 8.37. The SMILES string of the molecule is Cc1cccc(NCC(O)C(F)F)c1N. The van der Waals surface area contributed by atoms with E-state index in [0.29, 0.717) is 11.4 Å². The average molecular weight is 216 g/mol. The highest BCUT2D eigenvalue weighted by Gasteiger charge is 2.16. The van der Waals surface area contributed by atoms with E-state index in [9.17, 15) is 8.78 Å². The van der Waals surface area contributed by atoms with Crippen LogP contribution in [-0.4, -0.2) is 24.2 Å². The third-order valence-corrected chi connectivity index (χ3v) is 2.12. The molecular weight excluding hydrogens is 202 g/mol. The Hall–Kier alpha value is -1.36. The van der Waals surface area contributed by atoms with Crippen molar-refractivity contribution in [3.63, 3.8) is 0 Å².